The second-order valence-electron chi connectivity index (χ2n) is 5.09. The molecule has 0 N–H and O–H groups in total. The van der Waals surface area contributed by atoms with Crippen molar-refractivity contribution in [1.29, 1.82) is 0 Å². The van der Waals surface area contributed by atoms with Gasteiger partial charge in [0.2, 0.25) is 5.88 Å². The number of nitrogens with zero attached hydrogens (tertiary/aromatic N) is 1. The molecule has 0 spiro atoms. The van der Waals surface area contributed by atoms with E-state index in [1.54, 1.807) is 0 Å². The van der Waals surface area contributed by atoms with E-state index in [9.17, 15) is 0 Å². The zero-order valence-electron chi connectivity index (χ0n) is 11.6. The van der Waals surface area contributed by atoms with Gasteiger partial charge in [0.05, 0.1) is 5.52 Å². The van der Waals surface area contributed by atoms with Gasteiger partial charge in [-0.2, -0.15) is 0 Å². The van der Waals surface area contributed by atoms with Gasteiger partial charge in [-0.25, -0.2) is 4.98 Å². The summed E-state index contributed by atoms with van der Waals surface area (Å²) in [4.78, 5) is 4.49. The summed E-state index contributed by atoms with van der Waals surface area (Å²) in [6, 6.07) is 20.8. The quantitative estimate of drug-likeness (QED) is 0.666. The van der Waals surface area contributed by atoms with Gasteiger partial charge in [0, 0.05) is 11.5 Å². The molecule has 0 aliphatic rings. The van der Waals surface area contributed by atoms with Crippen LogP contribution < -0.4 is 4.74 Å². The van der Waals surface area contributed by atoms with E-state index >= 15 is 0 Å². The molecule has 0 saturated heterocycles. The molecule has 20 heavy (non-hydrogen) atoms. The lowest BCUT2D eigenvalue weighted by atomic mass is 10.0. The molecule has 2 aromatic carbocycles. The molecule has 3 rings (SSSR count). The summed E-state index contributed by atoms with van der Waals surface area (Å²) >= 11 is 0. The molecule has 0 fully saturated rings. The fourth-order valence-electron chi connectivity index (χ4n) is 2.09. The van der Waals surface area contributed by atoms with Gasteiger partial charge in [-0.15, -0.1) is 0 Å². The van der Waals surface area contributed by atoms with Gasteiger partial charge >= 0.3 is 0 Å². The number of benzene rings is 2. The van der Waals surface area contributed by atoms with Crippen molar-refractivity contribution in [2.24, 2.45) is 0 Å². The molecule has 99 valence electrons. The molecule has 0 unspecified atom stereocenters. The van der Waals surface area contributed by atoms with Crippen LogP contribution in [0.5, 0.6) is 11.6 Å². The minimum Gasteiger partial charge on any atom is -0.439 e. The number of rotatable bonds is 3. The molecule has 0 atom stereocenters. The molecule has 2 nitrogen and oxygen atoms in total. The fraction of sp³-hybridized carbons (Fsp3) is 0.167. The fourth-order valence-corrected chi connectivity index (χ4v) is 2.09. The van der Waals surface area contributed by atoms with E-state index in [1.807, 2.05) is 42.5 Å². The van der Waals surface area contributed by atoms with Crippen molar-refractivity contribution in [3.63, 3.8) is 0 Å². The van der Waals surface area contributed by atoms with Crippen LogP contribution in [0.4, 0.5) is 0 Å². The average molecular weight is 262 g/mol. The smallest absolute Gasteiger partial charge is 0.219 e. The lowest BCUT2D eigenvalue weighted by Crippen LogP contribution is -1.90. The van der Waals surface area contributed by atoms with Crippen molar-refractivity contribution in [2.45, 2.75) is 19.8 Å². The van der Waals surface area contributed by atoms with Crippen LogP contribution in [0.2, 0.25) is 0 Å². The maximum Gasteiger partial charge on any atom is 0.219 e. The monoisotopic (exact) mass is 262 g/mol. The highest BCUT2D eigenvalue weighted by Gasteiger charge is 2.02. The van der Waals surface area contributed by atoms with Crippen LogP contribution >= 0.6 is 0 Å². The topological polar surface area (TPSA) is 22.1 Å². The standard InChI is InChI=1S/C18H16NO/c1-13(2)14-7-10-16(11-8-14)20-18-12-9-15-5-3-4-6-17(15)19-18/h4-13H,1-2H3. The predicted octanol–water partition coefficient (Wildman–Crippen LogP) is 4.95. The van der Waals surface area contributed by atoms with Crippen LogP contribution in [-0.2, 0) is 0 Å². The molecule has 0 aliphatic carbocycles. The summed E-state index contributed by atoms with van der Waals surface area (Å²) in [6.45, 7) is 4.36. The van der Waals surface area contributed by atoms with Crippen molar-refractivity contribution in [3.05, 3.63) is 66.2 Å². The molecule has 0 aliphatic heterocycles. The van der Waals surface area contributed by atoms with Crippen LogP contribution in [0.25, 0.3) is 10.9 Å². The summed E-state index contributed by atoms with van der Waals surface area (Å²) in [6.07, 6.45) is 0. The maximum atomic E-state index is 5.80. The van der Waals surface area contributed by atoms with Gasteiger partial charge in [-0.3, -0.25) is 0 Å². The van der Waals surface area contributed by atoms with Gasteiger partial charge in [0.1, 0.15) is 5.75 Å². The van der Waals surface area contributed by atoms with E-state index in [0.717, 1.165) is 16.7 Å². The average Bonchev–Trinajstić information content (AvgIpc) is 2.48. The SMILES string of the molecule is CC(C)c1ccc(Oc2ccc3c[c]ccc3n2)cc1. The minimum absolute atomic E-state index is 0.527. The first-order valence-electron chi connectivity index (χ1n) is 6.77. The van der Waals surface area contributed by atoms with Gasteiger partial charge in [-0.1, -0.05) is 32.0 Å². The van der Waals surface area contributed by atoms with Gasteiger partial charge in [0.15, 0.2) is 0 Å². The van der Waals surface area contributed by atoms with Crippen LogP contribution in [0.15, 0.2) is 54.6 Å². The van der Waals surface area contributed by atoms with Gasteiger partial charge in [-0.05, 0) is 47.9 Å². The minimum atomic E-state index is 0.527. The van der Waals surface area contributed by atoms with Gasteiger partial charge < -0.3 is 4.74 Å². The Hall–Kier alpha value is -2.35. The maximum absolute atomic E-state index is 5.80. The summed E-state index contributed by atoms with van der Waals surface area (Å²) in [5.41, 5.74) is 2.22. The largest absolute Gasteiger partial charge is 0.439 e. The Morgan fingerprint density at radius 3 is 2.55 bits per heavy atom. The van der Waals surface area contributed by atoms with Crippen molar-refractivity contribution >= 4 is 10.9 Å². The van der Waals surface area contributed by atoms with Gasteiger partial charge in [0.25, 0.3) is 0 Å². The highest BCUT2D eigenvalue weighted by Crippen LogP contribution is 2.24. The Morgan fingerprint density at radius 2 is 1.80 bits per heavy atom. The van der Waals surface area contributed by atoms with E-state index in [-0.39, 0.29) is 0 Å². The lowest BCUT2D eigenvalue weighted by Gasteiger charge is -2.08. The van der Waals surface area contributed by atoms with Crippen LogP contribution in [0.3, 0.4) is 0 Å². The van der Waals surface area contributed by atoms with Crippen molar-refractivity contribution in [3.8, 4) is 11.6 Å². The van der Waals surface area contributed by atoms with E-state index < -0.39 is 0 Å². The van der Waals surface area contributed by atoms with E-state index in [0.29, 0.717) is 11.8 Å². The second-order valence-corrected chi connectivity index (χ2v) is 5.09. The highest BCUT2D eigenvalue weighted by molar-refractivity contribution is 5.78. The molecule has 1 radical (unpaired) electrons. The summed E-state index contributed by atoms with van der Waals surface area (Å²) in [7, 11) is 0. The molecule has 2 heteroatoms. The molecular formula is C18H16NO. The number of hydrogen-bond acceptors (Lipinski definition) is 2. The zero-order chi connectivity index (χ0) is 13.9. The molecule has 3 aromatic rings. The second kappa shape index (κ2) is 5.33. The van der Waals surface area contributed by atoms with E-state index in [4.69, 9.17) is 4.74 Å². The number of ether oxygens (including phenoxy) is 1. The summed E-state index contributed by atoms with van der Waals surface area (Å²) in [5.74, 6) is 1.95. The third-order valence-electron chi connectivity index (χ3n) is 3.28. The van der Waals surface area contributed by atoms with Crippen molar-refractivity contribution in [1.82, 2.24) is 4.98 Å². The Balaban J connectivity index is 1.85. The number of hydrogen-bond donors (Lipinski definition) is 0. The van der Waals surface area contributed by atoms with Crippen LogP contribution in [0.1, 0.15) is 25.3 Å². The molecule has 1 aromatic heterocycles. The Kier molecular flexibility index (Phi) is 3.38. The predicted molar refractivity (Wildman–Crippen MR) is 81.2 cm³/mol. The first kappa shape index (κ1) is 12.7. The highest BCUT2D eigenvalue weighted by atomic mass is 16.5. The number of aromatic nitrogens is 1. The number of pyridine rings is 1. The zero-order valence-corrected chi connectivity index (χ0v) is 11.6. The number of fused-ring (bicyclic) bond motifs is 1. The normalized spacial score (nSPS) is 10.9. The Labute approximate surface area is 119 Å². The molecule has 0 bridgehead atoms. The molecular weight excluding hydrogens is 246 g/mol. The van der Waals surface area contributed by atoms with Crippen LogP contribution in [0, 0.1) is 6.07 Å². The molecule has 1 heterocycles. The van der Waals surface area contributed by atoms with Crippen molar-refractivity contribution < 1.29 is 4.74 Å². The first-order valence-corrected chi connectivity index (χ1v) is 6.77. The summed E-state index contributed by atoms with van der Waals surface area (Å²) < 4.78 is 5.80. The third kappa shape index (κ3) is 2.64. The Bertz CT molecular complexity index is 717. The molecule has 0 saturated carbocycles. The lowest BCUT2D eigenvalue weighted by molar-refractivity contribution is 0.465. The Morgan fingerprint density at radius 1 is 1.00 bits per heavy atom. The van der Waals surface area contributed by atoms with E-state index in [2.05, 4.69) is 37.0 Å². The first-order chi connectivity index (χ1) is 9.72. The third-order valence-corrected chi connectivity index (χ3v) is 3.28. The molecule has 0 amide bonds. The summed E-state index contributed by atoms with van der Waals surface area (Å²) in [5, 5.41) is 1.06. The van der Waals surface area contributed by atoms with Crippen molar-refractivity contribution in [2.75, 3.05) is 0 Å². The van der Waals surface area contributed by atoms with E-state index in [1.165, 1.54) is 5.56 Å². The van der Waals surface area contributed by atoms with Crippen LogP contribution in [-0.4, -0.2) is 4.98 Å².